The minimum Gasteiger partial charge on any atom is -0.376 e. The fourth-order valence-corrected chi connectivity index (χ4v) is 4.29. The van der Waals surface area contributed by atoms with Gasteiger partial charge in [0.2, 0.25) is 11.8 Å². The Morgan fingerprint density at radius 3 is 2.38 bits per heavy atom. The van der Waals surface area contributed by atoms with E-state index in [0.717, 1.165) is 32.3 Å². The largest absolute Gasteiger partial charge is 0.376 e. The van der Waals surface area contributed by atoms with Crippen molar-refractivity contribution in [3.05, 3.63) is 35.9 Å². The maximum atomic E-state index is 11.9. The quantitative estimate of drug-likeness (QED) is 0.778. The lowest BCUT2D eigenvalue weighted by Crippen LogP contribution is -2.44. The van der Waals surface area contributed by atoms with Crippen LogP contribution in [0.15, 0.2) is 30.3 Å². The van der Waals surface area contributed by atoms with Crippen LogP contribution in [-0.2, 0) is 20.7 Å². The highest BCUT2D eigenvalue weighted by Crippen LogP contribution is 2.44. The van der Waals surface area contributed by atoms with E-state index in [0.29, 0.717) is 19.4 Å². The van der Waals surface area contributed by atoms with Crippen LogP contribution in [0.2, 0.25) is 0 Å². The second-order valence-corrected chi connectivity index (χ2v) is 7.89. The average molecular weight is 329 g/mol. The summed E-state index contributed by atoms with van der Waals surface area (Å²) in [4.78, 5) is 25.3. The number of ether oxygens (including phenoxy) is 1. The van der Waals surface area contributed by atoms with Gasteiger partial charge in [-0.25, -0.2) is 0 Å². The van der Waals surface area contributed by atoms with Crippen LogP contribution in [-0.4, -0.2) is 35.5 Å². The predicted molar refractivity (Wildman–Crippen MR) is 92.4 cm³/mol. The van der Waals surface area contributed by atoms with Crippen LogP contribution in [0.5, 0.6) is 0 Å². The minimum atomic E-state index is -0.161. The Balaban J connectivity index is 1.77. The standard InChI is InChI=1S/C20H27NO3/c1-19(2)15-20(11-13-24-19,14-16-6-4-3-5-7-16)10-12-21-17(22)8-9-18(21)23/h3-7H,8-15H2,1-2H3/t20-/m1/s1. The van der Waals surface area contributed by atoms with Gasteiger partial charge in [-0.2, -0.15) is 0 Å². The van der Waals surface area contributed by atoms with Gasteiger partial charge < -0.3 is 4.74 Å². The molecule has 4 nitrogen and oxygen atoms in total. The molecule has 2 fully saturated rings. The molecule has 130 valence electrons. The molecular formula is C20H27NO3. The van der Waals surface area contributed by atoms with E-state index in [1.54, 1.807) is 0 Å². The molecule has 0 aromatic heterocycles. The molecule has 0 aliphatic carbocycles. The van der Waals surface area contributed by atoms with E-state index in [1.165, 1.54) is 10.5 Å². The topological polar surface area (TPSA) is 46.6 Å². The van der Waals surface area contributed by atoms with Gasteiger partial charge >= 0.3 is 0 Å². The zero-order valence-electron chi connectivity index (χ0n) is 14.7. The van der Waals surface area contributed by atoms with E-state index in [4.69, 9.17) is 4.74 Å². The maximum Gasteiger partial charge on any atom is 0.229 e. The summed E-state index contributed by atoms with van der Waals surface area (Å²) in [5.74, 6) is -0.0256. The molecule has 1 aromatic rings. The molecule has 24 heavy (non-hydrogen) atoms. The molecule has 0 spiro atoms. The molecule has 4 heteroatoms. The zero-order valence-corrected chi connectivity index (χ0v) is 14.7. The van der Waals surface area contributed by atoms with Gasteiger partial charge in [0.25, 0.3) is 0 Å². The number of rotatable bonds is 5. The van der Waals surface area contributed by atoms with Gasteiger partial charge in [-0.15, -0.1) is 0 Å². The van der Waals surface area contributed by atoms with E-state index < -0.39 is 0 Å². The van der Waals surface area contributed by atoms with Gasteiger partial charge in [0.1, 0.15) is 0 Å². The fourth-order valence-electron chi connectivity index (χ4n) is 4.29. The Hall–Kier alpha value is -1.68. The Morgan fingerprint density at radius 1 is 1.08 bits per heavy atom. The second kappa shape index (κ2) is 6.67. The Morgan fingerprint density at radius 2 is 1.75 bits per heavy atom. The van der Waals surface area contributed by atoms with Crippen molar-refractivity contribution in [1.29, 1.82) is 0 Å². The van der Waals surface area contributed by atoms with E-state index in [9.17, 15) is 9.59 Å². The van der Waals surface area contributed by atoms with E-state index in [-0.39, 0.29) is 22.8 Å². The molecule has 1 aromatic carbocycles. The Labute approximate surface area is 144 Å². The lowest BCUT2D eigenvalue weighted by Gasteiger charge is -2.45. The molecule has 2 amide bonds. The first-order chi connectivity index (χ1) is 11.4. The maximum absolute atomic E-state index is 11.9. The normalized spacial score (nSPS) is 26.8. The molecule has 2 saturated heterocycles. The van der Waals surface area contributed by atoms with E-state index in [2.05, 4.69) is 38.1 Å². The summed E-state index contributed by atoms with van der Waals surface area (Å²) in [6, 6.07) is 10.5. The van der Waals surface area contributed by atoms with Crippen molar-refractivity contribution in [1.82, 2.24) is 4.90 Å². The average Bonchev–Trinajstić information content (AvgIpc) is 2.84. The van der Waals surface area contributed by atoms with Gasteiger partial charge in [0.15, 0.2) is 0 Å². The smallest absolute Gasteiger partial charge is 0.229 e. The summed E-state index contributed by atoms with van der Waals surface area (Å²) in [5.41, 5.74) is 1.23. The van der Waals surface area contributed by atoms with Gasteiger partial charge in [0, 0.05) is 26.0 Å². The summed E-state index contributed by atoms with van der Waals surface area (Å²) in [7, 11) is 0. The molecule has 2 heterocycles. The first kappa shape index (κ1) is 17.2. The number of carbonyl (C=O) groups is 2. The van der Waals surface area contributed by atoms with Crippen molar-refractivity contribution >= 4 is 11.8 Å². The molecule has 0 N–H and O–H groups in total. The summed E-state index contributed by atoms with van der Waals surface area (Å²) in [6.45, 7) is 5.55. The number of carbonyl (C=O) groups excluding carboxylic acids is 2. The van der Waals surface area contributed by atoms with Gasteiger partial charge in [-0.3, -0.25) is 14.5 Å². The number of imide groups is 1. The van der Waals surface area contributed by atoms with Crippen molar-refractivity contribution in [3.63, 3.8) is 0 Å². The number of hydrogen-bond donors (Lipinski definition) is 0. The number of nitrogens with zero attached hydrogens (tertiary/aromatic N) is 1. The van der Waals surface area contributed by atoms with Gasteiger partial charge in [0.05, 0.1) is 5.60 Å². The molecule has 2 aliphatic heterocycles. The molecular weight excluding hydrogens is 302 g/mol. The monoisotopic (exact) mass is 329 g/mol. The summed E-state index contributed by atoms with van der Waals surface area (Å²) < 4.78 is 5.92. The third-order valence-electron chi connectivity index (χ3n) is 5.37. The lowest BCUT2D eigenvalue weighted by molar-refractivity contribution is -0.140. The zero-order chi connectivity index (χ0) is 17.2. The Bertz CT molecular complexity index is 595. The number of benzene rings is 1. The van der Waals surface area contributed by atoms with Crippen LogP contribution >= 0.6 is 0 Å². The van der Waals surface area contributed by atoms with Gasteiger partial charge in [-0.1, -0.05) is 30.3 Å². The van der Waals surface area contributed by atoms with Crippen molar-refractivity contribution in [2.24, 2.45) is 5.41 Å². The summed E-state index contributed by atoms with van der Waals surface area (Å²) >= 11 is 0. The van der Waals surface area contributed by atoms with Crippen LogP contribution in [0, 0.1) is 5.41 Å². The van der Waals surface area contributed by atoms with Gasteiger partial charge in [-0.05, 0) is 50.5 Å². The fraction of sp³-hybridized carbons (Fsp3) is 0.600. The summed E-state index contributed by atoms with van der Waals surface area (Å²) in [6.07, 6.45) is 4.49. The van der Waals surface area contributed by atoms with Crippen LogP contribution < -0.4 is 0 Å². The van der Waals surface area contributed by atoms with Crippen molar-refractivity contribution in [2.75, 3.05) is 13.2 Å². The third kappa shape index (κ3) is 3.86. The second-order valence-electron chi connectivity index (χ2n) is 7.89. The molecule has 1 atom stereocenters. The first-order valence-corrected chi connectivity index (χ1v) is 8.90. The Kier molecular flexibility index (Phi) is 4.77. The number of amides is 2. The lowest BCUT2D eigenvalue weighted by atomic mass is 9.68. The SMILES string of the molecule is CC1(C)C[C@@](CCN2C(=O)CCC2=O)(Cc2ccccc2)CCO1. The highest BCUT2D eigenvalue weighted by molar-refractivity contribution is 6.01. The van der Waals surface area contributed by atoms with E-state index >= 15 is 0 Å². The van der Waals surface area contributed by atoms with Crippen LogP contribution in [0.4, 0.5) is 0 Å². The molecule has 2 aliphatic rings. The number of hydrogen-bond acceptors (Lipinski definition) is 3. The molecule has 3 rings (SSSR count). The van der Waals surface area contributed by atoms with Crippen LogP contribution in [0.25, 0.3) is 0 Å². The minimum absolute atomic E-state index is 0.0128. The third-order valence-corrected chi connectivity index (χ3v) is 5.37. The van der Waals surface area contributed by atoms with Crippen molar-refractivity contribution in [3.8, 4) is 0 Å². The van der Waals surface area contributed by atoms with Crippen LogP contribution in [0.1, 0.15) is 51.5 Å². The first-order valence-electron chi connectivity index (χ1n) is 8.90. The molecule has 0 unspecified atom stereocenters. The molecule has 0 saturated carbocycles. The highest BCUT2D eigenvalue weighted by Gasteiger charge is 2.42. The van der Waals surface area contributed by atoms with Crippen molar-refractivity contribution in [2.45, 2.75) is 58.0 Å². The van der Waals surface area contributed by atoms with Crippen molar-refractivity contribution < 1.29 is 14.3 Å². The molecule has 0 radical (unpaired) electrons. The van der Waals surface area contributed by atoms with E-state index in [1.807, 2.05) is 6.07 Å². The number of likely N-dealkylation sites (tertiary alicyclic amines) is 1. The van der Waals surface area contributed by atoms with Crippen LogP contribution in [0.3, 0.4) is 0 Å². The highest BCUT2D eigenvalue weighted by atomic mass is 16.5. The predicted octanol–water partition coefficient (Wildman–Crippen LogP) is 3.34. The summed E-state index contributed by atoms with van der Waals surface area (Å²) in [5, 5.41) is 0. The molecule has 0 bridgehead atoms.